The number of anilines is 1. The van der Waals surface area contributed by atoms with E-state index in [1.807, 2.05) is 17.0 Å². The molecule has 6 nitrogen and oxygen atoms in total. The maximum Gasteiger partial charge on any atom is 0.412 e. The van der Waals surface area contributed by atoms with Crippen molar-refractivity contribution in [2.45, 2.75) is 6.54 Å². The first-order chi connectivity index (χ1) is 13.5. The van der Waals surface area contributed by atoms with Crippen molar-refractivity contribution in [3.8, 4) is 11.5 Å². The average Bonchev–Trinajstić information content (AvgIpc) is 2.70. The van der Waals surface area contributed by atoms with Gasteiger partial charge in [-0.25, -0.2) is 13.6 Å². The van der Waals surface area contributed by atoms with E-state index < -0.39 is 17.7 Å². The van der Waals surface area contributed by atoms with E-state index in [2.05, 4.69) is 10.2 Å². The number of piperazine rings is 1. The molecule has 0 aromatic heterocycles. The first-order valence-electron chi connectivity index (χ1n) is 8.99. The second kappa shape index (κ2) is 10.3. The fourth-order valence-corrected chi connectivity index (χ4v) is 3.19. The molecule has 9 heteroatoms. The molecular weight excluding hydrogens is 404 g/mol. The van der Waals surface area contributed by atoms with Crippen molar-refractivity contribution in [1.82, 2.24) is 10.2 Å². The van der Waals surface area contributed by atoms with E-state index >= 15 is 0 Å². The predicted octanol–water partition coefficient (Wildman–Crippen LogP) is 3.44. The van der Waals surface area contributed by atoms with Crippen LogP contribution in [0.5, 0.6) is 11.5 Å². The summed E-state index contributed by atoms with van der Waals surface area (Å²) in [6.45, 7) is 3.48. The van der Waals surface area contributed by atoms with Gasteiger partial charge < -0.3 is 19.7 Å². The lowest BCUT2D eigenvalue weighted by atomic mass is 10.1. The molecule has 1 fully saturated rings. The average molecular weight is 428 g/mol. The first-order valence-corrected chi connectivity index (χ1v) is 8.99. The Labute approximate surface area is 174 Å². The van der Waals surface area contributed by atoms with Crippen molar-refractivity contribution >= 4 is 24.2 Å². The third-order valence-corrected chi connectivity index (χ3v) is 4.66. The number of nitrogens with one attached hydrogen (secondary N) is 1. The van der Waals surface area contributed by atoms with Crippen LogP contribution in [-0.4, -0.2) is 51.3 Å². The van der Waals surface area contributed by atoms with E-state index in [9.17, 15) is 13.6 Å². The van der Waals surface area contributed by atoms with Crippen molar-refractivity contribution < 1.29 is 23.0 Å². The van der Waals surface area contributed by atoms with Gasteiger partial charge in [-0.1, -0.05) is 6.07 Å². The van der Waals surface area contributed by atoms with E-state index in [1.165, 1.54) is 26.3 Å². The lowest BCUT2D eigenvalue weighted by Crippen LogP contribution is -2.46. The number of benzene rings is 2. The molecule has 1 heterocycles. The molecule has 1 amide bonds. The Morgan fingerprint density at radius 1 is 1.07 bits per heavy atom. The van der Waals surface area contributed by atoms with E-state index in [0.717, 1.165) is 24.7 Å². The largest absolute Gasteiger partial charge is 0.493 e. The number of hydrogen-bond donors (Lipinski definition) is 1. The van der Waals surface area contributed by atoms with Gasteiger partial charge in [0.15, 0.2) is 11.5 Å². The monoisotopic (exact) mass is 427 g/mol. The Hall–Kier alpha value is -2.58. The van der Waals surface area contributed by atoms with Gasteiger partial charge in [-0.05, 0) is 29.8 Å². The second-order valence-electron chi connectivity index (χ2n) is 6.48. The molecule has 0 atom stereocenters. The number of hydrogen-bond acceptors (Lipinski definition) is 5. The number of rotatable bonds is 5. The summed E-state index contributed by atoms with van der Waals surface area (Å²) < 4.78 is 37.5. The highest BCUT2D eigenvalue weighted by Gasteiger charge is 2.20. The summed E-state index contributed by atoms with van der Waals surface area (Å²) in [5.74, 6) is -0.280. The summed E-state index contributed by atoms with van der Waals surface area (Å²) in [5, 5.41) is 2.39. The zero-order chi connectivity index (χ0) is 20.1. The summed E-state index contributed by atoms with van der Waals surface area (Å²) in [4.78, 5) is 15.6. The SMILES string of the molecule is CNC(=O)Oc1ccc(CN2CCN(c3ccc(F)cc3F)CC2)cc1OC.Cl. The fraction of sp³-hybridized carbons (Fsp3) is 0.350. The maximum absolute atomic E-state index is 14.0. The minimum absolute atomic E-state index is 0. The van der Waals surface area contributed by atoms with Crippen LogP contribution in [0.3, 0.4) is 0 Å². The molecule has 0 spiro atoms. The number of nitrogens with zero attached hydrogens (tertiary/aromatic N) is 2. The van der Waals surface area contributed by atoms with E-state index in [1.54, 1.807) is 6.07 Å². The summed E-state index contributed by atoms with van der Waals surface area (Å²) in [6.07, 6.45) is -0.560. The molecular formula is C20H24ClF2N3O3. The van der Waals surface area contributed by atoms with Crippen molar-refractivity contribution in [3.63, 3.8) is 0 Å². The van der Waals surface area contributed by atoms with Crippen molar-refractivity contribution in [1.29, 1.82) is 0 Å². The van der Waals surface area contributed by atoms with Crippen LogP contribution in [0.1, 0.15) is 5.56 Å². The van der Waals surface area contributed by atoms with Crippen LogP contribution < -0.4 is 19.7 Å². The fourth-order valence-electron chi connectivity index (χ4n) is 3.19. The molecule has 3 rings (SSSR count). The number of methoxy groups -OCH3 is 1. The first kappa shape index (κ1) is 22.7. The van der Waals surface area contributed by atoms with Gasteiger partial charge in [0, 0.05) is 45.8 Å². The lowest BCUT2D eigenvalue weighted by Gasteiger charge is -2.36. The van der Waals surface area contributed by atoms with Crippen LogP contribution in [0.15, 0.2) is 36.4 Å². The van der Waals surface area contributed by atoms with Crippen molar-refractivity contribution in [2.24, 2.45) is 0 Å². The molecule has 1 aliphatic heterocycles. The number of ether oxygens (including phenoxy) is 2. The van der Waals surface area contributed by atoms with E-state index in [4.69, 9.17) is 9.47 Å². The third kappa shape index (κ3) is 5.71. The number of carbonyl (C=O) groups is 1. The highest BCUT2D eigenvalue weighted by molar-refractivity contribution is 5.85. The molecule has 0 bridgehead atoms. The minimum atomic E-state index is -0.572. The molecule has 0 saturated carbocycles. The minimum Gasteiger partial charge on any atom is -0.493 e. The standard InChI is InChI=1S/C20H23F2N3O3.ClH/c1-23-20(26)28-18-6-3-14(11-19(18)27-2)13-24-7-9-25(10-8-24)17-5-4-15(21)12-16(17)22;/h3-6,11-12H,7-10,13H2,1-2H3,(H,23,26);1H. The van der Waals surface area contributed by atoms with Crippen molar-refractivity contribution in [3.05, 3.63) is 53.6 Å². The van der Waals surface area contributed by atoms with Crippen LogP contribution in [0.2, 0.25) is 0 Å². The molecule has 1 saturated heterocycles. The Kier molecular flexibility index (Phi) is 8.04. The quantitative estimate of drug-likeness (QED) is 0.792. The molecule has 158 valence electrons. The highest BCUT2D eigenvalue weighted by Crippen LogP contribution is 2.29. The van der Waals surface area contributed by atoms with E-state index in [-0.39, 0.29) is 12.4 Å². The van der Waals surface area contributed by atoms with Gasteiger partial charge in [0.2, 0.25) is 0 Å². The van der Waals surface area contributed by atoms with Gasteiger partial charge in [-0.2, -0.15) is 0 Å². The van der Waals surface area contributed by atoms with Crippen molar-refractivity contribution in [2.75, 3.05) is 45.2 Å². The van der Waals surface area contributed by atoms with E-state index in [0.29, 0.717) is 36.8 Å². The van der Waals surface area contributed by atoms with Gasteiger partial charge in [0.1, 0.15) is 11.6 Å². The zero-order valence-corrected chi connectivity index (χ0v) is 17.1. The van der Waals surface area contributed by atoms with Gasteiger partial charge >= 0.3 is 6.09 Å². The molecule has 1 aliphatic rings. The molecule has 0 aliphatic carbocycles. The molecule has 2 aromatic rings. The molecule has 0 radical (unpaired) electrons. The number of halogens is 3. The summed E-state index contributed by atoms with van der Waals surface area (Å²) in [5.41, 5.74) is 1.45. The normalized spacial score (nSPS) is 14.1. The number of amides is 1. The van der Waals surface area contributed by atoms with Crippen LogP contribution in [0.4, 0.5) is 19.3 Å². The van der Waals surface area contributed by atoms with Crippen LogP contribution in [-0.2, 0) is 6.54 Å². The van der Waals surface area contributed by atoms with Gasteiger partial charge in [-0.15, -0.1) is 12.4 Å². The molecule has 1 N–H and O–H groups in total. The maximum atomic E-state index is 14.0. The second-order valence-corrected chi connectivity index (χ2v) is 6.48. The topological polar surface area (TPSA) is 54.0 Å². The van der Waals surface area contributed by atoms with Crippen LogP contribution in [0, 0.1) is 11.6 Å². The summed E-state index contributed by atoms with van der Waals surface area (Å²) in [6, 6.07) is 9.09. The summed E-state index contributed by atoms with van der Waals surface area (Å²) in [7, 11) is 3.01. The highest BCUT2D eigenvalue weighted by atomic mass is 35.5. The van der Waals surface area contributed by atoms with Crippen LogP contribution >= 0.6 is 12.4 Å². The van der Waals surface area contributed by atoms with Gasteiger partial charge in [0.25, 0.3) is 0 Å². The molecule has 0 unspecified atom stereocenters. The Balaban J connectivity index is 0.00000300. The molecule has 29 heavy (non-hydrogen) atoms. The smallest absolute Gasteiger partial charge is 0.412 e. The lowest BCUT2D eigenvalue weighted by molar-refractivity contribution is 0.200. The summed E-state index contributed by atoms with van der Waals surface area (Å²) >= 11 is 0. The Morgan fingerprint density at radius 3 is 2.41 bits per heavy atom. The molecule has 2 aromatic carbocycles. The van der Waals surface area contributed by atoms with Crippen LogP contribution in [0.25, 0.3) is 0 Å². The third-order valence-electron chi connectivity index (χ3n) is 4.66. The Bertz CT molecular complexity index is 846. The predicted molar refractivity (Wildman–Crippen MR) is 109 cm³/mol. The zero-order valence-electron chi connectivity index (χ0n) is 16.3. The van der Waals surface area contributed by atoms with Gasteiger partial charge in [0.05, 0.1) is 12.8 Å². The Morgan fingerprint density at radius 2 is 1.79 bits per heavy atom. The van der Waals surface area contributed by atoms with Gasteiger partial charge in [-0.3, -0.25) is 4.90 Å². The number of carbonyl (C=O) groups excluding carboxylic acids is 1.